The van der Waals surface area contributed by atoms with Crippen LogP contribution in [0.3, 0.4) is 0 Å². The molecule has 0 bridgehead atoms. The fourth-order valence-corrected chi connectivity index (χ4v) is 4.50. The maximum absolute atomic E-state index is 13.0. The Morgan fingerprint density at radius 3 is 2.21 bits per heavy atom. The standard InChI is InChI=1S/C24H29NO3/c1-7-28-22(27)21(26)25-20-13-10-17(3)14-19(20)24(6,15-23(25,4)5)18-11-8-16(2)9-12-18/h8-14H,7,15H2,1-6H3/t24-/m1/s1. The number of rotatable bonds is 2. The molecule has 3 rings (SSSR count). The number of hydrogen-bond acceptors (Lipinski definition) is 3. The predicted molar refractivity (Wildman–Crippen MR) is 112 cm³/mol. The second-order valence-electron chi connectivity index (χ2n) is 8.57. The van der Waals surface area contributed by atoms with Gasteiger partial charge in [0.05, 0.1) is 6.61 Å². The normalized spacial score (nSPS) is 20.4. The average Bonchev–Trinajstić information content (AvgIpc) is 2.62. The average molecular weight is 380 g/mol. The highest BCUT2D eigenvalue weighted by atomic mass is 16.5. The third-order valence-electron chi connectivity index (χ3n) is 5.72. The fraction of sp³-hybridized carbons (Fsp3) is 0.417. The van der Waals surface area contributed by atoms with Crippen molar-refractivity contribution in [3.63, 3.8) is 0 Å². The number of benzene rings is 2. The van der Waals surface area contributed by atoms with Crippen LogP contribution in [-0.2, 0) is 19.7 Å². The van der Waals surface area contributed by atoms with Gasteiger partial charge in [0, 0.05) is 16.6 Å². The minimum absolute atomic E-state index is 0.181. The summed E-state index contributed by atoms with van der Waals surface area (Å²) in [5.41, 5.74) is 4.57. The van der Waals surface area contributed by atoms with Crippen LogP contribution in [0.4, 0.5) is 5.69 Å². The Kier molecular flexibility index (Phi) is 5.09. The van der Waals surface area contributed by atoms with Crippen molar-refractivity contribution in [1.82, 2.24) is 0 Å². The molecule has 4 nitrogen and oxygen atoms in total. The molecular weight excluding hydrogens is 350 g/mol. The molecule has 28 heavy (non-hydrogen) atoms. The van der Waals surface area contributed by atoms with Gasteiger partial charge in [-0.1, -0.05) is 54.4 Å². The Balaban J connectivity index is 2.21. The zero-order valence-electron chi connectivity index (χ0n) is 17.6. The van der Waals surface area contributed by atoms with E-state index in [2.05, 4.69) is 44.2 Å². The number of ether oxygens (including phenoxy) is 1. The van der Waals surface area contributed by atoms with Crippen molar-refractivity contribution in [3.8, 4) is 0 Å². The minimum atomic E-state index is -0.805. The van der Waals surface area contributed by atoms with Gasteiger partial charge in [-0.15, -0.1) is 0 Å². The van der Waals surface area contributed by atoms with Gasteiger partial charge in [0.2, 0.25) is 0 Å². The number of amides is 1. The molecule has 4 heteroatoms. The minimum Gasteiger partial charge on any atom is -0.459 e. The van der Waals surface area contributed by atoms with Gasteiger partial charge < -0.3 is 4.74 Å². The zero-order valence-corrected chi connectivity index (χ0v) is 17.6. The lowest BCUT2D eigenvalue weighted by molar-refractivity contribution is -0.153. The molecule has 0 saturated heterocycles. The van der Waals surface area contributed by atoms with Gasteiger partial charge in [0.1, 0.15) is 0 Å². The smallest absolute Gasteiger partial charge is 0.397 e. The summed E-state index contributed by atoms with van der Waals surface area (Å²) in [6.45, 7) is 12.3. The second-order valence-corrected chi connectivity index (χ2v) is 8.57. The van der Waals surface area contributed by atoms with E-state index in [0.717, 1.165) is 16.8 Å². The first-order valence-electron chi connectivity index (χ1n) is 9.80. The molecule has 0 radical (unpaired) electrons. The molecule has 1 heterocycles. The summed E-state index contributed by atoms with van der Waals surface area (Å²) in [5, 5.41) is 0. The molecule has 0 N–H and O–H groups in total. The Morgan fingerprint density at radius 1 is 1.00 bits per heavy atom. The van der Waals surface area contributed by atoms with Crippen LogP contribution in [0, 0.1) is 13.8 Å². The second kappa shape index (κ2) is 7.08. The lowest BCUT2D eigenvalue weighted by atomic mass is 9.65. The quantitative estimate of drug-likeness (QED) is 0.562. The third kappa shape index (κ3) is 3.32. The number of aryl methyl sites for hydroxylation is 2. The highest BCUT2D eigenvalue weighted by molar-refractivity contribution is 6.38. The number of nitrogens with zero attached hydrogens (tertiary/aromatic N) is 1. The van der Waals surface area contributed by atoms with Gasteiger partial charge in [0.15, 0.2) is 0 Å². The molecule has 2 aromatic carbocycles. The number of carbonyl (C=O) groups excluding carboxylic acids is 2. The Labute approximate surface area is 167 Å². The molecule has 0 aromatic heterocycles. The monoisotopic (exact) mass is 379 g/mol. The lowest BCUT2D eigenvalue weighted by Crippen LogP contribution is -2.57. The predicted octanol–water partition coefficient (Wildman–Crippen LogP) is 4.69. The van der Waals surface area contributed by atoms with E-state index < -0.39 is 17.4 Å². The first kappa shape index (κ1) is 20.1. The van der Waals surface area contributed by atoms with Crippen molar-refractivity contribution in [2.24, 2.45) is 0 Å². The van der Waals surface area contributed by atoms with E-state index in [1.165, 1.54) is 11.1 Å². The lowest BCUT2D eigenvalue weighted by Gasteiger charge is -2.51. The van der Waals surface area contributed by atoms with E-state index in [-0.39, 0.29) is 12.0 Å². The largest absolute Gasteiger partial charge is 0.459 e. The van der Waals surface area contributed by atoms with Crippen LogP contribution in [0.2, 0.25) is 0 Å². The number of anilines is 1. The van der Waals surface area contributed by atoms with Gasteiger partial charge in [0.25, 0.3) is 0 Å². The van der Waals surface area contributed by atoms with E-state index in [1.807, 2.05) is 32.9 Å². The topological polar surface area (TPSA) is 46.6 Å². The summed E-state index contributed by atoms with van der Waals surface area (Å²) in [5.74, 6) is -1.41. The van der Waals surface area contributed by atoms with Crippen LogP contribution >= 0.6 is 0 Å². The summed E-state index contributed by atoms with van der Waals surface area (Å²) in [4.78, 5) is 26.9. The van der Waals surface area contributed by atoms with Crippen LogP contribution < -0.4 is 4.90 Å². The maximum Gasteiger partial charge on any atom is 0.397 e. The Hall–Kier alpha value is -2.62. The molecule has 1 amide bonds. The van der Waals surface area contributed by atoms with Crippen molar-refractivity contribution in [2.45, 2.75) is 58.9 Å². The number of carbonyl (C=O) groups is 2. The Morgan fingerprint density at radius 2 is 1.61 bits per heavy atom. The van der Waals surface area contributed by atoms with Gasteiger partial charge in [-0.2, -0.15) is 0 Å². The number of esters is 1. The molecule has 0 saturated carbocycles. The van der Waals surface area contributed by atoms with E-state index in [1.54, 1.807) is 11.8 Å². The molecular formula is C24H29NO3. The molecule has 1 aliphatic heterocycles. The van der Waals surface area contributed by atoms with Crippen LogP contribution in [0.1, 0.15) is 56.4 Å². The van der Waals surface area contributed by atoms with Crippen molar-refractivity contribution in [3.05, 3.63) is 64.7 Å². The molecule has 0 unspecified atom stereocenters. The first-order chi connectivity index (χ1) is 13.1. The van der Waals surface area contributed by atoms with Gasteiger partial charge in [-0.05, 0) is 58.2 Å². The fourth-order valence-electron chi connectivity index (χ4n) is 4.50. The van der Waals surface area contributed by atoms with Gasteiger partial charge in [-0.25, -0.2) is 4.79 Å². The summed E-state index contributed by atoms with van der Waals surface area (Å²) in [6.07, 6.45) is 0.699. The van der Waals surface area contributed by atoms with Crippen LogP contribution in [0.15, 0.2) is 42.5 Å². The molecule has 0 spiro atoms. The third-order valence-corrected chi connectivity index (χ3v) is 5.72. The highest BCUT2D eigenvalue weighted by Crippen LogP contribution is 2.50. The molecule has 1 atom stereocenters. The number of hydrogen-bond donors (Lipinski definition) is 0. The van der Waals surface area contributed by atoms with Crippen LogP contribution in [0.25, 0.3) is 0 Å². The maximum atomic E-state index is 13.0. The summed E-state index contributed by atoms with van der Waals surface area (Å²) >= 11 is 0. The summed E-state index contributed by atoms with van der Waals surface area (Å²) in [6, 6.07) is 14.7. The van der Waals surface area contributed by atoms with E-state index in [4.69, 9.17) is 4.74 Å². The zero-order chi connectivity index (χ0) is 20.7. The molecule has 0 fully saturated rings. The first-order valence-corrected chi connectivity index (χ1v) is 9.80. The van der Waals surface area contributed by atoms with Crippen molar-refractivity contribution < 1.29 is 14.3 Å². The van der Waals surface area contributed by atoms with Crippen molar-refractivity contribution >= 4 is 17.6 Å². The van der Waals surface area contributed by atoms with E-state index >= 15 is 0 Å². The molecule has 1 aliphatic rings. The molecule has 0 aliphatic carbocycles. The van der Waals surface area contributed by atoms with E-state index in [9.17, 15) is 9.59 Å². The van der Waals surface area contributed by atoms with Gasteiger partial charge >= 0.3 is 11.9 Å². The van der Waals surface area contributed by atoms with Gasteiger partial charge in [-0.3, -0.25) is 9.69 Å². The number of fused-ring (bicyclic) bond motifs is 1. The van der Waals surface area contributed by atoms with Crippen LogP contribution in [-0.4, -0.2) is 24.0 Å². The summed E-state index contributed by atoms with van der Waals surface area (Å²) < 4.78 is 5.01. The van der Waals surface area contributed by atoms with E-state index in [0.29, 0.717) is 6.42 Å². The summed E-state index contributed by atoms with van der Waals surface area (Å²) in [7, 11) is 0. The van der Waals surface area contributed by atoms with Crippen molar-refractivity contribution in [2.75, 3.05) is 11.5 Å². The van der Waals surface area contributed by atoms with Crippen LogP contribution in [0.5, 0.6) is 0 Å². The van der Waals surface area contributed by atoms with Crippen molar-refractivity contribution in [1.29, 1.82) is 0 Å². The highest BCUT2D eigenvalue weighted by Gasteiger charge is 2.49. The molecule has 2 aromatic rings. The Bertz CT molecular complexity index is 914. The SMILES string of the molecule is CCOC(=O)C(=O)N1c2ccc(C)cc2[C@@](C)(c2ccc(C)cc2)CC1(C)C. The molecule has 148 valence electrons.